The van der Waals surface area contributed by atoms with E-state index in [4.69, 9.17) is 0 Å². The number of rotatable bonds is 2. The van der Waals surface area contributed by atoms with Gasteiger partial charge in [0.1, 0.15) is 5.82 Å². The molecule has 0 fully saturated rings. The van der Waals surface area contributed by atoms with Crippen LogP contribution in [-0.2, 0) is 6.54 Å². The standard InChI is InChI=1S/C21H19FN2O/c1-15-7-9-16(10-8-15)21(25)24-13-12-23-11-3-6-19(23)20(24)17-4-2-5-18(22)14-17/h2-11,14,20H,12-13H2,1H3. The normalized spacial score (nSPS) is 16.6. The molecule has 2 heterocycles. The molecule has 1 unspecified atom stereocenters. The number of nitrogens with zero attached hydrogens (tertiary/aromatic N) is 2. The van der Waals surface area contributed by atoms with Crippen LogP contribution in [0.15, 0.2) is 66.9 Å². The van der Waals surface area contributed by atoms with E-state index in [1.54, 1.807) is 6.07 Å². The Hall–Kier alpha value is -2.88. The zero-order valence-corrected chi connectivity index (χ0v) is 14.0. The predicted octanol–water partition coefficient (Wildman–Crippen LogP) is 4.18. The predicted molar refractivity (Wildman–Crippen MR) is 94.9 cm³/mol. The third kappa shape index (κ3) is 2.84. The summed E-state index contributed by atoms with van der Waals surface area (Å²) < 4.78 is 15.9. The molecule has 4 rings (SSSR count). The molecule has 1 aromatic heterocycles. The molecule has 4 heteroatoms. The van der Waals surface area contributed by atoms with Gasteiger partial charge in [0.2, 0.25) is 0 Å². The topological polar surface area (TPSA) is 25.2 Å². The maximum absolute atomic E-state index is 13.8. The second kappa shape index (κ2) is 6.20. The number of aromatic nitrogens is 1. The Morgan fingerprint density at radius 3 is 2.60 bits per heavy atom. The number of fused-ring (bicyclic) bond motifs is 1. The SMILES string of the molecule is Cc1ccc(C(=O)N2CCn3cccc3C2c2cccc(F)c2)cc1. The summed E-state index contributed by atoms with van der Waals surface area (Å²) in [6, 6.07) is 17.8. The van der Waals surface area contributed by atoms with Gasteiger partial charge in [-0.25, -0.2) is 4.39 Å². The lowest BCUT2D eigenvalue weighted by atomic mass is 9.98. The molecule has 1 atom stereocenters. The molecule has 126 valence electrons. The van der Waals surface area contributed by atoms with Crippen molar-refractivity contribution in [2.45, 2.75) is 19.5 Å². The number of hydrogen-bond acceptors (Lipinski definition) is 1. The van der Waals surface area contributed by atoms with Crippen LogP contribution in [0.1, 0.15) is 33.2 Å². The van der Waals surface area contributed by atoms with Crippen LogP contribution < -0.4 is 0 Å². The first kappa shape index (κ1) is 15.6. The van der Waals surface area contributed by atoms with Crippen LogP contribution in [-0.4, -0.2) is 21.9 Å². The van der Waals surface area contributed by atoms with Gasteiger partial charge in [-0.2, -0.15) is 0 Å². The van der Waals surface area contributed by atoms with Crippen molar-refractivity contribution in [2.24, 2.45) is 0 Å². The van der Waals surface area contributed by atoms with E-state index in [0.717, 1.165) is 23.4 Å². The highest BCUT2D eigenvalue weighted by molar-refractivity contribution is 5.94. The minimum Gasteiger partial charge on any atom is -0.348 e. The van der Waals surface area contributed by atoms with E-state index in [-0.39, 0.29) is 17.8 Å². The Labute approximate surface area is 146 Å². The number of benzene rings is 2. The smallest absolute Gasteiger partial charge is 0.254 e. The molecule has 1 aliphatic rings. The van der Waals surface area contributed by atoms with Gasteiger partial charge in [-0.15, -0.1) is 0 Å². The van der Waals surface area contributed by atoms with E-state index in [2.05, 4.69) is 4.57 Å². The van der Waals surface area contributed by atoms with Crippen LogP contribution in [0.25, 0.3) is 0 Å². The molecule has 0 N–H and O–H groups in total. The lowest BCUT2D eigenvalue weighted by molar-refractivity contribution is 0.0663. The molecule has 3 aromatic rings. The second-order valence-corrected chi connectivity index (χ2v) is 6.45. The number of aryl methyl sites for hydroxylation is 1. The summed E-state index contributed by atoms with van der Waals surface area (Å²) >= 11 is 0. The molecular weight excluding hydrogens is 315 g/mol. The van der Waals surface area contributed by atoms with Gasteiger partial charge >= 0.3 is 0 Å². The number of halogens is 1. The Balaban J connectivity index is 1.78. The molecule has 1 aliphatic heterocycles. The van der Waals surface area contributed by atoms with Gasteiger partial charge < -0.3 is 9.47 Å². The van der Waals surface area contributed by atoms with E-state index >= 15 is 0 Å². The summed E-state index contributed by atoms with van der Waals surface area (Å²) in [5.41, 5.74) is 3.58. The largest absolute Gasteiger partial charge is 0.348 e. The molecule has 0 aliphatic carbocycles. The molecule has 0 radical (unpaired) electrons. The Morgan fingerprint density at radius 1 is 1.04 bits per heavy atom. The summed E-state index contributed by atoms with van der Waals surface area (Å²) in [7, 11) is 0. The number of amides is 1. The van der Waals surface area contributed by atoms with Gasteiger partial charge in [0.05, 0.1) is 6.04 Å². The quantitative estimate of drug-likeness (QED) is 0.690. The zero-order chi connectivity index (χ0) is 17.4. The first-order valence-corrected chi connectivity index (χ1v) is 8.41. The Kier molecular flexibility index (Phi) is 3.88. The van der Waals surface area contributed by atoms with E-state index in [1.165, 1.54) is 12.1 Å². The average molecular weight is 334 g/mol. The van der Waals surface area contributed by atoms with Gasteiger partial charge in [-0.1, -0.05) is 29.8 Å². The van der Waals surface area contributed by atoms with Crippen LogP contribution in [0.3, 0.4) is 0 Å². The van der Waals surface area contributed by atoms with Gasteiger partial charge in [0, 0.05) is 30.5 Å². The summed E-state index contributed by atoms with van der Waals surface area (Å²) in [6.45, 7) is 3.33. The molecule has 2 aromatic carbocycles. The maximum Gasteiger partial charge on any atom is 0.254 e. The fourth-order valence-electron chi connectivity index (χ4n) is 3.49. The van der Waals surface area contributed by atoms with E-state index in [0.29, 0.717) is 12.1 Å². The van der Waals surface area contributed by atoms with Crippen LogP contribution >= 0.6 is 0 Å². The Morgan fingerprint density at radius 2 is 1.84 bits per heavy atom. The van der Waals surface area contributed by atoms with Gasteiger partial charge in [-0.05, 0) is 48.9 Å². The van der Waals surface area contributed by atoms with Gasteiger partial charge in [0.15, 0.2) is 0 Å². The van der Waals surface area contributed by atoms with E-state index < -0.39 is 0 Å². The summed E-state index contributed by atoms with van der Waals surface area (Å²) in [5.74, 6) is -0.314. The van der Waals surface area contributed by atoms with Crippen molar-refractivity contribution in [3.8, 4) is 0 Å². The minimum atomic E-state index is -0.288. The second-order valence-electron chi connectivity index (χ2n) is 6.45. The number of hydrogen-bond donors (Lipinski definition) is 0. The highest BCUT2D eigenvalue weighted by atomic mass is 19.1. The van der Waals surface area contributed by atoms with Crippen molar-refractivity contribution in [1.82, 2.24) is 9.47 Å². The van der Waals surface area contributed by atoms with Crippen molar-refractivity contribution < 1.29 is 9.18 Å². The first-order valence-electron chi connectivity index (χ1n) is 8.41. The van der Waals surface area contributed by atoms with Crippen molar-refractivity contribution in [3.63, 3.8) is 0 Å². The van der Waals surface area contributed by atoms with Crippen molar-refractivity contribution in [1.29, 1.82) is 0 Å². The van der Waals surface area contributed by atoms with E-state index in [1.807, 2.05) is 60.5 Å². The van der Waals surface area contributed by atoms with Crippen molar-refractivity contribution in [3.05, 3.63) is 95.1 Å². The molecule has 1 amide bonds. The molecule has 0 bridgehead atoms. The average Bonchev–Trinajstić information content (AvgIpc) is 3.09. The summed E-state index contributed by atoms with van der Waals surface area (Å²) in [6.07, 6.45) is 2.01. The van der Waals surface area contributed by atoms with E-state index in [9.17, 15) is 9.18 Å². The summed E-state index contributed by atoms with van der Waals surface area (Å²) in [5, 5.41) is 0. The lowest BCUT2D eigenvalue weighted by Gasteiger charge is -2.37. The number of carbonyl (C=O) groups is 1. The summed E-state index contributed by atoms with van der Waals surface area (Å²) in [4.78, 5) is 15.0. The van der Waals surface area contributed by atoms with Crippen LogP contribution in [0.2, 0.25) is 0 Å². The van der Waals surface area contributed by atoms with Gasteiger partial charge in [0.25, 0.3) is 5.91 Å². The lowest BCUT2D eigenvalue weighted by Crippen LogP contribution is -2.42. The monoisotopic (exact) mass is 334 g/mol. The van der Waals surface area contributed by atoms with Gasteiger partial charge in [-0.3, -0.25) is 4.79 Å². The van der Waals surface area contributed by atoms with Crippen molar-refractivity contribution >= 4 is 5.91 Å². The fourth-order valence-corrected chi connectivity index (χ4v) is 3.49. The molecule has 0 spiro atoms. The van der Waals surface area contributed by atoms with Crippen LogP contribution in [0, 0.1) is 12.7 Å². The van der Waals surface area contributed by atoms with Crippen LogP contribution in [0.5, 0.6) is 0 Å². The third-order valence-corrected chi connectivity index (χ3v) is 4.76. The molecule has 3 nitrogen and oxygen atoms in total. The molecule has 0 saturated heterocycles. The minimum absolute atomic E-state index is 0.0262. The third-order valence-electron chi connectivity index (χ3n) is 4.76. The molecular formula is C21H19FN2O. The highest BCUT2D eigenvalue weighted by Crippen LogP contribution is 2.33. The van der Waals surface area contributed by atoms with Crippen LogP contribution in [0.4, 0.5) is 4.39 Å². The number of carbonyl (C=O) groups excluding carboxylic acids is 1. The molecule has 25 heavy (non-hydrogen) atoms. The maximum atomic E-state index is 13.8. The Bertz CT molecular complexity index is 914. The first-order chi connectivity index (χ1) is 12.1. The fraction of sp³-hybridized carbons (Fsp3) is 0.190. The highest BCUT2D eigenvalue weighted by Gasteiger charge is 2.32. The van der Waals surface area contributed by atoms with Crippen molar-refractivity contribution in [2.75, 3.05) is 6.54 Å². The molecule has 0 saturated carbocycles. The zero-order valence-electron chi connectivity index (χ0n) is 14.0.